The highest BCUT2D eigenvalue weighted by Crippen LogP contribution is 2.31. The molecule has 0 bridgehead atoms. The number of rotatable bonds is 10. The highest BCUT2D eigenvalue weighted by molar-refractivity contribution is 7.89. The molecule has 0 unspecified atom stereocenters. The van der Waals surface area contributed by atoms with Crippen LogP contribution in [0.4, 0.5) is 13.2 Å². The van der Waals surface area contributed by atoms with Crippen LogP contribution in [0, 0.1) is 0 Å². The summed E-state index contributed by atoms with van der Waals surface area (Å²) in [6, 6.07) is 21.0. The third-order valence-corrected chi connectivity index (χ3v) is 8.90. The van der Waals surface area contributed by atoms with E-state index in [9.17, 15) is 30.0 Å². The standard InChI is InChI=1S/C27H24F3NO6S2/c1-36-15-14-31(38(32,33)25-13-12-21-7-2-3-8-22(21)17-25)19-20-6-4-10-24(16-20)37-39(34,35)26-11-5-9-23(18-26)27(28,29)30/h2-13,16-18H,14-15,19H2,1H3. The smallest absolute Gasteiger partial charge is 0.383 e. The molecule has 4 aromatic rings. The summed E-state index contributed by atoms with van der Waals surface area (Å²) in [7, 11) is -7.15. The Morgan fingerprint density at radius 1 is 0.769 bits per heavy atom. The summed E-state index contributed by atoms with van der Waals surface area (Å²) < 4.78 is 103. The number of methoxy groups -OCH3 is 1. The first-order valence-electron chi connectivity index (χ1n) is 11.6. The van der Waals surface area contributed by atoms with Gasteiger partial charge in [0, 0.05) is 20.2 Å². The van der Waals surface area contributed by atoms with Crippen LogP contribution in [0.3, 0.4) is 0 Å². The SMILES string of the molecule is COCCN(Cc1cccc(OS(=O)(=O)c2cccc(C(F)(F)F)c2)c1)S(=O)(=O)c1ccc2ccccc2c1. The molecule has 7 nitrogen and oxygen atoms in total. The zero-order valence-corrected chi connectivity index (χ0v) is 22.3. The molecule has 4 aromatic carbocycles. The van der Waals surface area contributed by atoms with Crippen molar-refractivity contribution in [2.24, 2.45) is 0 Å². The Kier molecular flexibility index (Phi) is 8.31. The Morgan fingerprint density at radius 3 is 2.21 bits per heavy atom. The summed E-state index contributed by atoms with van der Waals surface area (Å²) in [4.78, 5) is -0.583. The van der Waals surface area contributed by atoms with Gasteiger partial charge in [0.25, 0.3) is 0 Å². The fourth-order valence-electron chi connectivity index (χ4n) is 3.86. The number of ether oxygens (including phenoxy) is 1. The van der Waals surface area contributed by atoms with Crippen molar-refractivity contribution >= 4 is 30.9 Å². The normalized spacial score (nSPS) is 12.6. The molecule has 0 amide bonds. The van der Waals surface area contributed by atoms with E-state index in [2.05, 4.69) is 0 Å². The second kappa shape index (κ2) is 11.3. The van der Waals surface area contributed by atoms with Crippen LogP contribution in [0.15, 0.2) is 101 Å². The molecule has 0 atom stereocenters. The van der Waals surface area contributed by atoms with Crippen molar-refractivity contribution in [3.63, 3.8) is 0 Å². The number of alkyl halides is 3. The first kappa shape index (κ1) is 28.6. The highest BCUT2D eigenvalue weighted by Gasteiger charge is 2.32. The Balaban J connectivity index is 1.60. The maximum atomic E-state index is 13.5. The molecule has 0 saturated heterocycles. The van der Waals surface area contributed by atoms with Crippen molar-refractivity contribution in [3.05, 3.63) is 102 Å². The lowest BCUT2D eigenvalue weighted by atomic mass is 10.1. The summed E-state index contributed by atoms with van der Waals surface area (Å²) in [6.07, 6.45) is -4.73. The van der Waals surface area contributed by atoms with Gasteiger partial charge in [-0.15, -0.1) is 0 Å². The van der Waals surface area contributed by atoms with Gasteiger partial charge in [0.1, 0.15) is 10.6 Å². The first-order chi connectivity index (χ1) is 18.4. The van der Waals surface area contributed by atoms with E-state index in [1.807, 2.05) is 12.1 Å². The van der Waals surface area contributed by atoms with E-state index in [1.165, 1.54) is 35.7 Å². The molecule has 0 aliphatic carbocycles. The molecule has 0 fully saturated rings. The Hall–Kier alpha value is -3.45. The quantitative estimate of drug-likeness (QED) is 0.232. The summed E-state index contributed by atoms with van der Waals surface area (Å²) in [6.45, 7) is -0.0223. The summed E-state index contributed by atoms with van der Waals surface area (Å²) in [5.41, 5.74) is -0.735. The van der Waals surface area contributed by atoms with Crippen LogP contribution >= 0.6 is 0 Å². The van der Waals surface area contributed by atoms with Crippen LogP contribution in [0.2, 0.25) is 0 Å². The Morgan fingerprint density at radius 2 is 1.49 bits per heavy atom. The monoisotopic (exact) mass is 579 g/mol. The van der Waals surface area contributed by atoms with Gasteiger partial charge in [-0.05, 0) is 58.8 Å². The van der Waals surface area contributed by atoms with Gasteiger partial charge in [-0.3, -0.25) is 0 Å². The molecule has 12 heteroatoms. The molecule has 4 rings (SSSR count). The maximum Gasteiger partial charge on any atom is 0.416 e. The first-order valence-corrected chi connectivity index (χ1v) is 14.4. The minimum atomic E-state index is -4.73. The molecule has 206 valence electrons. The number of sulfonamides is 1. The Labute approximate surface area is 224 Å². The van der Waals surface area contributed by atoms with Crippen molar-refractivity contribution in [1.29, 1.82) is 0 Å². The van der Waals surface area contributed by atoms with Crippen molar-refractivity contribution in [2.75, 3.05) is 20.3 Å². The molecule has 0 aliphatic heterocycles. The zero-order chi connectivity index (χ0) is 28.3. The minimum absolute atomic E-state index is 0.0132. The topological polar surface area (TPSA) is 90.0 Å². The molecule has 39 heavy (non-hydrogen) atoms. The van der Waals surface area contributed by atoms with Gasteiger partial charge in [-0.25, -0.2) is 8.42 Å². The fourth-order valence-corrected chi connectivity index (χ4v) is 6.27. The average Bonchev–Trinajstić information content (AvgIpc) is 2.90. The van der Waals surface area contributed by atoms with Crippen LogP contribution in [-0.4, -0.2) is 41.4 Å². The van der Waals surface area contributed by atoms with Crippen molar-refractivity contribution < 1.29 is 38.9 Å². The van der Waals surface area contributed by atoms with Gasteiger partial charge in [-0.1, -0.05) is 48.5 Å². The molecule has 0 N–H and O–H groups in total. The number of halogens is 3. The average molecular weight is 580 g/mol. The zero-order valence-electron chi connectivity index (χ0n) is 20.6. The predicted octanol–water partition coefficient (Wildman–Crippen LogP) is 5.46. The van der Waals surface area contributed by atoms with Crippen molar-refractivity contribution in [2.45, 2.75) is 22.5 Å². The van der Waals surface area contributed by atoms with Gasteiger partial charge in [0.2, 0.25) is 10.0 Å². The largest absolute Gasteiger partial charge is 0.416 e. The van der Waals surface area contributed by atoms with E-state index in [0.717, 1.165) is 29.0 Å². The second-order valence-electron chi connectivity index (χ2n) is 8.55. The van der Waals surface area contributed by atoms with Crippen LogP contribution in [0.25, 0.3) is 10.8 Å². The number of hydrogen-bond acceptors (Lipinski definition) is 6. The van der Waals surface area contributed by atoms with E-state index >= 15 is 0 Å². The molecular formula is C27H24F3NO6S2. The predicted molar refractivity (Wildman–Crippen MR) is 139 cm³/mol. The minimum Gasteiger partial charge on any atom is -0.383 e. The fraction of sp³-hybridized carbons (Fsp3) is 0.185. The van der Waals surface area contributed by atoms with Crippen LogP contribution < -0.4 is 4.18 Å². The van der Waals surface area contributed by atoms with Gasteiger partial charge in [0.15, 0.2) is 0 Å². The number of nitrogens with zero attached hydrogens (tertiary/aromatic N) is 1. The van der Waals surface area contributed by atoms with Crippen LogP contribution in [0.1, 0.15) is 11.1 Å². The molecule has 0 aromatic heterocycles. The van der Waals surface area contributed by atoms with E-state index in [0.29, 0.717) is 11.6 Å². The third-order valence-electron chi connectivity index (χ3n) is 5.82. The van der Waals surface area contributed by atoms with Crippen LogP contribution in [0.5, 0.6) is 5.75 Å². The van der Waals surface area contributed by atoms with Gasteiger partial charge >= 0.3 is 16.3 Å². The van der Waals surface area contributed by atoms with Gasteiger partial charge in [-0.2, -0.15) is 25.9 Å². The van der Waals surface area contributed by atoms with Gasteiger partial charge < -0.3 is 8.92 Å². The summed E-state index contributed by atoms with van der Waals surface area (Å²) >= 11 is 0. The molecule has 0 radical (unpaired) electrons. The lowest BCUT2D eigenvalue weighted by Gasteiger charge is -2.22. The van der Waals surface area contributed by atoms with Crippen LogP contribution in [-0.2, 0) is 37.6 Å². The van der Waals surface area contributed by atoms with E-state index in [-0.39, 0.29) is 30.3 Å². The molecule has 0 heterocycles. The highest BCUT2D eigenvalue weighted by atomic mass is 32.2. The van der Waals surface area contributed by atoms with Gasteiger partial charge in [0.05, 0.1) is 17.1 Å². The third kappa shape index (κ3) is 6.77. The molecule has 0 saturated carbocycles. The Bertz CT molecular complexity index is 1690. The number of fused-ring (bicyclic) bond motifs is 1. The molecule has 0 spiro atoms. The van der Waals surface area contributed by atoms with Crippen molar-refractivity contribution in [3.8, 4) is 5.75 Å². The lowest BCUT2D eigenvalue weighted by Crippen LogP contribution is -2.33. The summed E-state index contributed by atoms with van der Waals surface area (Å²) in [5.74, 6) is -0.181. The summed E-state index contributed by atoms with van der Waals surface area (Å²) in [5, 5.41) is 1.63. The van der Waals surface area contributed by atoms with E-state index in [1.54, 1.807) is 30.3 Å². The van der Waals surface area contributed by atoms with Crippen molar-refractivity contribution in [1.82, 2.24) is 4.31 Å². The molecule has 0 aliphatic rings. The van der Waals surface area contributed by atoms with E-state index < -0.39 is 36.8 Å². The number of benzene rings is 4. The second-order valence-corrected chi connectivity index (χ2v) is 12.0. The molecular weight excluding hydrogens is 555 g/mol. The number of hydrogen-bond donors (Lipinski definition) is 0. The maximum absolute atomic E-state index is 13.5. The van der Waals surface area contributed by atoms with E-state index in [4.69, 9.17) is 8.92 Å². The lowest BCUT2D eigenvalue weighted by molar-refractivity contribution is -0.137.